The average Bonchev–Trinajstić information content (AvgIpc) is 3.46. The van der Waals surface area contributed by atoms with Crippen molar-refractivity contribution in [3.8, 4) is 5.75 Å². The highest BCUT2D eigenvalue weighted by molar-refractivity contribution is 6.02. The Morgan fingerprint density at radius 2 is 1.93 bits per heavy atom. The number of alkyl halides is 3. The SMILES string of the molecule is C=CC(=O)Nc1cc(Nc2cc(N3OCC[C@@H]3c3ccc(F)c(C(F)(F)F)c3)ncn2)c(OC)cc1N(C)CCN(C)C. The van der Waals surface area contributed by atoms with Gasteiger partial charge in [0, 0.05) is 38.7 Å². The van der Waals surface area contributed by atoms with Gasteiger partial charge in [-0.1, -0.05) is 12.6 Å². The highest BCUT2D eigenvalue weighted by Gasteiger charge is 2.36. The summed E-state index contributed by atoms with van der Waals surface area (Å²) in [5.74, 6) is -0.679. The first kappa shape index (κ1) is 31.5. The van der Waals surface area contributed by atoms with Crippen LogP contribution in [0.3, 0.4) is 0 Å². The van der Waals surface area contributed by atoms with Crippen LogP contribution in [0.25, 0.3) is 0 Å². The number of amides is 1. The van der Waals surface area contributed by atoms with E-state index in [2.05, 4.69) is 27.2 Å². The zero-order valence-electron chi connectivity index (χ0n) is 24.2. The van der Waals surface area contributed by atoms with Crippen molar-refractivity contribution in [3.63, 3.8) is 0 Å². The average molecular weight is 604 g/mol. The molecule has 1 atom stereocenters. The van der Waals surface area contributed by atoms with Gasteiger partial charge in [-0.2, -0.15) is 13.2 Å². The number of hydrogen-bond donors (Lipinski definition) is 2. The second-order valence-electron chi connectivity index (χ2n) is 10.1. The van der Waals surface area contributed by atoms with Crippen molar-refractivity contribution in [1.29, 1.82) is 0 Å². The summed E-state index contributed by atoms with van der Waals surface area (Å²) in [6, 6.07) is 7.31. The summed E-state index contributed by atoms with van der Waals surface area (Å²) in [6.45, 7) is 5.19. The van der Waals surface area contributed by atoms with E-state index in [0.29, 0.717) is 41.6 Å². The fraction of sp³-hybridized carbons (Fsp3) is 0.345. The molecule has 1 saturated heterocycles. The number of halogens is 4. The Morgan fingerprint density at radius 1 is 1.16 bits per heavy atom. The van der Waals surface area contributed by atoms with Gasteiger partial charge in [0.1, 0.15) is 23.7 Å². The number of rotatable bonds is 11. The highest BCUT2D eigenvalue weighted by Crippen LogP contribution is 2.40. The number of hydroxylamine groups is 1. The van der Waals surface area contributed by atoms with Crippen molar-refractivity contribution in [2.24, 2.45) is 0 Å². The topological polar surface area (TPSA) is 95.1 Å². The monoisotopic (exact) mass is 603 g/mol. The second kappa shape index (κ2) is 13.3. The predicted octanol–water partition coefficient (Wildman–Crippen LogP) is 5.39. The van der Waals surface area contributed by atoms with Crippen molar-refractivity contribution < 1.29 is 31.9 Å². The number of likely N-dealkylation sites (N-methyl/N-ethyl adjacent to an activating group) is 2. The first-order valence-corrected chi connectivity index (χ1v) is 13.3. The van der Waals surface area contributed by atoms with Gasteiger partial charge < -0.3 is 25.2 Å². The molecule has 230 valence electrons. The summed E-state index contributed by atoms with van der Waals surface area (Å²) in [7, 11) is 7.34. The van der Waals surface area contributed by atoms with Gasteiger partial charge in [-0.25, -0.2) is 19.4 Å². The third-order valence-electron chi connectivity index (χ3n) is 6.78. The smallest absolute Gasteiger partial charge is 0.419 e. The van der Waals surface area contributed by atoms with Crippen LogP contribution in [0.5, 0.6) is 5.75 Å². The number of nitrogens with one attached hydrogen (secondary N) is 2. The summed E-state index contributed by atoms with van der Waals surface area (Å²) < 4.78 is 59.6. The van der Waals surface area contributed by atoms with Crippen molar-refractivity contribution >= 4 is 34.6 Å². The van der Waals surface area contributed by atoms with Crippen LogP contribution in [0, 0.1) is 5.82 Å². The largest absolute Gasteiger partial charge is 0.494 e. The minimum atomic E-state index is -4.84. The molecule has 0 bridgehead atoms. The Kier molecular flexibility index (Phi) is 9.71. The minimum Gasteiger partial charge on any atom is -0.494 e. The van der Waals surface area contributed by atoms with Crippen molar-refractivity contribution in [2.75, 3.05) is 68.5 Å². The lowest BCUT2D eigenvalue weighted by atomic mass is 10.0. The minimum absolute atomic E-state index is 0.221. The van der Waals surface area contributed by atoms with E-state index in [-0.39, 0.29) is 18.0 Å². The third kappa shape index (κ3) is 7.51. The quantitative estimate of drug-likeness (QED) is 0.221. The molecular formula is C29H33F4N7O3. The van der Waals surface area contributed by atoms with E-state index in [1.165, 1.54) is 30.6 Å². The fourth-order valence-corrected chi connectivity index (χ4v) is 4.54. The molecule has 2 heterocycles. The van der Waals surface area contributed by atoms with Crippen molar-refractivity contribution in [3.05, 3.63) is 72.3 Å². The van der Waals surface area contributed by atoms with E-state index >= 15 is 0 Å². The molecule has 0 radical (unpaired) electrons. The molecule has 3 aromatic rings. The summed E-state index contributed by atoms with van der Waals surface area (Å²) >= 11 is 0. The normalized spacial score (nSPS) is 15.0. The van der Waals surface area contributed by atoms with E-state index in [0.717, 1.165) is 18.7 Å². The van der Waals surface area contributed by atoms with E-state index in [9.17, 15) is 22.4 Å². The Bertz CT molecular complexity index is 1470. The van der Waals surface area contributed by atoms with E-state index in [1.807, 2.05) is 30.9 Å². The van der Waals surface area contributed by atoms with Gasteiger partial charge in [-0.05, 0) is 43.9 Å². The summed E-state index contributed by atoms with van der Waals surface area (Å²) in [6.07, 6.45) is -2.03. The van der Waals surface area contributed by atoms with E-state index in [4.69, 9.17) is 9.57 Å². The van der Waals surface area contributed by atoms with Crippen LogP contribution < -0.4 is 25.3 Å². The summed E-state index contributed by atoms with van der Waals surface area (Å²) in [4.78, 5) is 30.5. The maximum atomic E-state index is 13.9. The van der Waals surface area contributed by atoms with Gasteiger partial charge >= 0.3 is 6.18 Å². The molecule has 0 saturated carbocycles. The molecule has 0 spiro atoms. The van der Waals surface area contributed by atoms with Crippen molar-refractivity contribution in [2.45, 2.75) is 18.6 Å². The van der Waals surface area contributed by atoms with Gasteiger partial charge in [0.15, 0.2) is 5.82 Å². The standard InChI is InChI=1S/C29H33F4N7O3/c1-6-28(41)37-21-14-22(25(42-5)15-24(21)39(4)11-10-38(2)3)36-26-16-27(35-17-34-26)40-23(9-12-43-40)18-7-8-20(30)19(13-18)29(31,32)33/h6-8,13-17,23H,1,9-12H2,2-5H3,(H,37,41)(H,34,35,36)/t23-/m1/s1. The lowest BCUT2D eigenvalue weighted by molar-refractivity contribution is -0.140. The lowest BCUT2D eigenvalue weighted by Gasteiger charge is -2.26. The molecule has 0 unspecified atom stereocenters. The fourth-order valence-electron chi connectivity index (χ4n) is 4.54. The van der Waals surface area contributed by atoms with Crippen LogP contribution in [0.2, 0.25) is 0 Å². The van der Waals surface area contributed by atoms with Crippen LogP contribution in [-0.2, 0) is 15.8 Å². The van der Waals surface area contributed by atoms with Gasteiger partial charge in [0.25, 0.3) is 0 Å². The maximum Gasteiger partial charge on any atom is 0.419 e. The number of nitrogens with zero attached hydrogens (tertiary/aromatic N) is 5. The Hall–Kier alpha value is -4.43. The number of aromatic nitrogens is 2. The van der Waals surface area contributed by atoms with Crippen molar-refractivity contribution in [1.82, 2.24) is 14.9 Å². The Balaban J connectivity index is 1.64. The van der Waals surface area contributed by atoms with Crippen LogP contribution in [0.1, 0.15) is 23.6 Å². The Morgan fingerprint density at radius 3 is 2.60 bits per heavy atom. The molecule has 14 heteroatoms. The Labute approximate surface area is 246 Å². The molecule has 0 aliphatic carbocycles. The first-order chi connectivity index (χ1) is 20.4. The number of hydrogen-bond acceptors (Lipinski definition) is 9. The van der Waals surface area contributed by atoms with Crippen LogP contribution in [0.4, 0.5) is 46.3 Å². The maximum absolute atomic E-state index is 13.9. The van der Waals surface area contributed by atoms with Crippen LogP contribution in [0.15, 0.2) is 55.4 Å². The predicted molar refractivity (Wildman–Crippen MR) is 156 cm³/mol. The lowest BCUT2D eigenvalue weighted by Crippen LogP contribution is -2.29. The van der Waals surface area contributed by atoms with Gasteiger partial charge in [-0.15, -0.1) is 0 Å². The number of anilines is 5. The zero-order valence-corrected chi connectivity index (χ0v) is 24.2. The summed E-state index contributed by atoms with van der Waals surface area (Å²) in [5, 5.41) is 7.38. The van der Waals surface area contributed by atoms with Crippen LogP contribution in [-0.4, -0.2) is 68.7 Å². The molecule has 2 N–H and O–H groups in total. The number of carbonyl (C=O) groups is 1. The zero-order chi connectivity index (χ0) is 31.3. The number of benzene rings is 2. The molecule has 2 aromatic carbocycles. The molecule has 43 heavy (non-hydrogen) atoms. The molecule has 1 aliphatic rings. The highest BCUT2D eigenvalue weighted by atomic mass is 19.4. The number of ether oxygens (including phenoxy) is 1. The van der Waals surface area contributed by atoms with Gasteiger partial charge in [0.2, 0.25) is 5.91 Å². The molecule has 1 fully saturated rings. The van der Waals surface area contributed by atoms with E-state index in [1.54, 1.807) is 18.2 Å². The first-order valence-electron chi connectivity index (χ1n) is 13.3. The number of carbonyl (C=O) groups excluding carboxylic acids is 1. The molecule has 1 amide bonds. The third-order valence-corrected chi connectivity index (χ3v) is 6.78. The molecular weight excluding hydrogens is 570 g/mol. The van der Waals surface area contributed by atoms with Gasteiger partial charge in [0.05, 0.1) is 42.4 Å². The molecule has 4 rings (SSSR count). The van der Waals surface area contributed by atoms with Gasteiger partial charge in [-0.3, -0.25) is 9.63 Å². The molecule has 10 nitrogen and oxygen atoms in total. The molecule has 1 aliphatic heterocycles. The molecule has 1 aromatic heterocycles. The number of methoxy groups -OCH3 is 1. The van der Waals surface area contributed by atoms with E-state index < -0.39 is 29.5 Å². The van der Waals surface area contributed by atoms with Crippen LogP contribution >= 0.6 is 0 Å². The second-order valence-corrected chi connectivity index (χ2v) is 10.1. The summed E-state index contributed by atoms with van der Waals surface area (Å²) in [5.41, 5.74) is 0.586.